The predicted molar refractivity (Wildman–Crippen MR) is 79.7 cm³/mol. The highest BCUT2D eigenvalue weighted by Crippen LogP contribution is 2.13. The number of nitrogens with two attached hydrogens (primary N) is 1. The lowest BCUT2D eigenvalue weighted by Gasteiger charge is -2.30. The van der Waals surface area contributed by atoms with Crippen LogP contribution in [0.25, 0.3) is 0 Å². The molecule has 0 aliphatic carbocycles. The van der Waals surface area contributed by atoms with Crippen LogP contribution in [0.15, 0.2) is 24.3 Å². The number of hydrogen-bond acceptors (Lipinski definition) is 3. The largest absolute Gasteiger partial charge is 0.335 e. The zero-order chi connectivity index (χ0) is 15.3. The Morgan fingerprint density at radius 3 is 2.50 bits per heavy atom. The second-order valence-electron chi connectivity index (χ2n) is 5.64. The Balaban J connectivity index is 2.93. The molecule has 0 bridgehead atoms. The summed E-state index contributed by atoms with van der Waals surface area (Å²) in [4.78, 5) is 14.2. The number of nitrogens with zero attached hydrogens (tertiary/aromatic N) is 2. The molecule has 0 heterocycles. The number of nitriles is 1. The Labute approximate surface area is 121 Å². The summed E-state index contributed by atoms with van der Waals surface area (Å²) in [5, 5.41) is 8.92. The summed E-state index contributed by atoms with van der Waals surface area (Å²) in [6, 6.07) is 9.01. The van der Waals surface area contributed by atoms with E-state index in [0.717, 1.165) is 5.56 Å². The highest BCUT2D eigenvalue weighted by molar-refractivity contribution is 5.82. The van der Waals surface area contributed by atoms with E-state index >= 15 is 0 Å². The molecule has 4 nitrogen and oxygen atoms in total. The molecule has 0 aliphatic heterocycles. The normalized spacial score (nSPS) is 12.3. The first-order chi connectivity index (χ1) is 9.36. The monoisotopic (exact) mass is 273 g/mol. The molecule has 1 aromatic carbocycles. The van der Waals surface area contributed by atoms with Crippen LogP contribution in [0.5, 0.6) is 0 Å². The fourth-order valence-corrected chi connectivity index (χ4v) is 1.93. The lowest BCUT2D eigenvalue weighted by atomic mass is 10.0. The number of carbonyl (C=O) groups is 1. The summed E-state index contributed by atoms with van der Waals surface area (Å²) >= 11 is 0. The van der Waals surface area contributed by atoms with Gasteiger partial charge in [0.1, 0.15) is 0 Å². The summed E-state index contributed by atoms with van der Waals surface area (Å²) in [5.74, 6) is 0.0616. The molecular weight excluding hydrogens is 250 g/mol. The van der Waals surface area contributed by atoms with Gasteiger partial charge in [-0.05, 0) is 37.5 Å². The second kappa shape index (κ2) is 7.06. The summed E-state index contributed by atoms with van der Waals surface area (Å²) in [6.45, 7) is 8.30. The molecule has 0 radical (unpaired) electrons. The van der Waals surface area contributed by atoms with Crippen molar-refractivity contribution in [1.29, 1.82) is 5.26 Å². The molecular formula is C16H23N3O. The Morgan fingerprint density at radius 1 is 1.35 bits per heavy atom. The SMILES string of the molecule is CC(C)C(N)C(=O)N(Cc1cccc(C#N)c1)C(C)C. The maximum Gasteiger partial charge on any atom is 0.240 e. The van der Waals surface area contributed by atoms with Crippen molar-refractivity contribution in [1.82, 2.24) is 4.90 Å². The van der Waals surface area contributed by atoms with Gasteiger partial charge in [-0.1, -0.05) is 26.0 Å². The zero-order valence-corrected chi connectivity index (χ0v) is 12.6. The van der Waals surface area contributed by atoms with Gasteiger partial charge in [0.25, 0.3) is 0 Å². The van der Waals surface area contributed by atoms with Crippen molar-refractivity contribution < 1.29 is 4.79 Å². The lowest BCUT2D eigenvalue weighted by molar-refractivity contribution is -0.136. The first kappa shape index (κ1) is 16.2. The van der Waals surface area contributed by atoms with Gasteiger partial charge in [0.15, 0.2) is 0 Å². The first-order valence-corrected chi connectivity index (χ1v) is 6.92. The fraction of sp³-hybridized carbons (Fsp3) is 0.500. The number of hydrogen-bond donors (Lipinski definition) is 1. The van der Waals surface area contributed by atoms with E-state index in [1.807, 2.05) is 45.9 Å². The molecule has 0 aromatic heterocycles. The number of benzene rings is 1. The van der Waals surface area contributed by atoms with Crippen molar-refractivity contribution in [2.75, 3.05) is 0 Å². The zero-order valence-electron chi connectivity index (χ0n) is 12.6. The summed E-state index contributed by atoms with van der Waals surface area (Å²) in [6.07, 6.45) is 0. The van der Waals surface area contributed by atoms with E-state index in [-0.39, 0.29) is 17.9 Å². The van der Waals surface area contributed by atoms with E-state index in [9.17, 15) is 4.79 Å². The van der Waals surface area contributed by atoms with E-state index in [2.05, 4.69) is 6.07 Å². The smallest absolute Gasteiger partial charge is 0.240 e. The molecule has 1 atom stereocenters. The van der Waals surface area contributed by atoms with Crippen molar-refractivity contribution in [3.8, 4) is 6.07 Å². The Hall–Kier alpha value is -1.86. The third-order valence-electron chi connectivity index (χ3n) is 3.32. The molecule has 1 aromatic rings. The molecule has 0 fully saturated rings. The van der Waals surface area contributed by atoms with Crippen LogP contribution in [0, 0.1) is 17.2 Å². The van der Waals surface area contributed by atoms with Crippen LogP contribution < -0.4 is 5.73 Å². The molecule has 0 saturated carbocycles. The number of carbonyl (C=O) groups excluding carboxylic acids is 1. The minimum absolute atomic E-state index is 0.0441. The molecule has 108 valence electrons. The quantitative estimate of drug-likeness (QED) is 0.894. The van der Waals surface area contributed by atoms with Crippen molar-refractivity contribution in [2.45, 2.75) is 46.3 Å². The lowest BCUT2D eigenvalue weighted by Crippen LogP contribution is -2.48. The highest BCUT2D eigenvalue weighted by Gasteiger charge is 2.25. The molecule has 1 rings (SSSR count). The molecule has 0 spiro atoms. The first-order valence-electron chi connectivity index (χ1n) is 6.92. The van der Waals surface area contributed by atoms with Gasteiger partial charge >= 0.3 is 0 Å². The topological polar surface area (TPSA) is 70.1 Å². The average Bonchev–Trinajstić information content (AvgIpc) is 2.43. The molecule has 0 saturated heterocycles. The summed E-state index contributed by atoms with van der Waals surface area (Å²) in [5.41, 5.74) is 7.51. The van der Waals surface area contributed by atoms with Gasteiger partial charge < -0.3 is 10.6 Å². The molecule has 20 heavy (non-hydrogen) atoms. The highest BCUT2D eigenvalue weighted by atomic mass is 16.2. The average molecular weight is 273 g/mol. The van der Waals surface area contributed by atoms with Crippen LogP contribution in [0.2, 0.25) is 0 Å². The second-order valence-corrected chi connectivity index (χ2v) is 5.64. The van der Waals surface area contributed by atoms with Gasteiger partial charge in [-0.3, -0.25) is 4.79 Å². The number of amides is 1. The Kier molecular flexibility index (Phi) is 5.72. The van der Waals surface area contributed by atoms with Crippen LogP contribution in [0.1, 0.15) is 38.8 Å². The Morgan fingerprint density at radius 2 is 2.00 bits per heavy atom. The van der Waals surface area contributed by atoms with Crippen LogP contribution in [0.3, 0.4) is 0 Å². The molecule has 2 N–H and O–H groups in total. The Bertz CT molecular complexity index is 503. The fourth-order valence-electron chi connectivity index (χ4n) is 1.93. The standard InChI is InChI=1S/C16H23N3O/c1-11(2)15(18)16(20)19(12(3)4)10-14-7-5-6-13(8-14)9-17/h5-8,11-12,15H,10,18H2,1-4H3. The minimum Gasteiger partial charge on any atom is -0.335 e. The minimum atomic E-state index is -0.489. The van der Waals surface area contributed by atoms with E-state index < -0.39 is 6.04 Å². The van der Waals surface area contributed by atoms with Crippen LogP contribution in [-0.2, 0) is 11.3 Å². The maximum atomic E-state index is 12.4. The van der Waals surface area contributed by atoms with Gasteiger partial charge in [0.05, 0.1) is 17.7 Å². The third kappa shape index (κ3) is 4.07. The van der Waals surface area contributed by atoms with E-state index in [4.69, 9.17) is 11.0 Å². The predicted octanol–water partition coefficient (Wildman–Crippen LogP) is 2.28. The molecule has 1 unspecified atom stereocenters. The van der Waals surface area contributed by atoms with Crippen LogP contribution >= 0.6 is 0 Å². The molecule has 1 amide bonds. The van der Waals surface area contributed by atoms with E-state index in [1.165, 1.54) is 0 Å². The van der Waals surface area contributed by atoms with Gasteiger partial charge in [0.2, 0.25) is 5.91 Å². The van der Waals surface area contributed by atoms with Crippen LogP contribution in [0.4, 0.5) is 0 Å². The van der Waals surface area contributed by atoms with Gasteiger partial charge in [-0.2, -0.15) is 5.26 Å². The third-order valence-corrected chi connectivity index (χ3v) is 3.32. The van der Waals surface area contributed by atoms with Gasteiger partial charge in [-0.15, -0.1) is 0 Å². The van der Waals surface area contributed by atoms with Crippen molar-refractivity contribution in [2.24, 2.45) is 11.7 Å². The maximum absolute atomic E-state index is 12.4. The van der Waals surface area contributed by atoms with Crippen LogP contribution in [-0.4, -0.2) is 22.9 Å². The summed E-state index contributed by atoms with van der Waals surface area (Å²) in [7, 11) is 0. The van der Waals surface area contributed by atoms with Crippen molar-refractivity contribution in [3.63, 3.8) is 0 Å². The van der Waals surface area contributed by atoms with Gasteiger partial charge in [-0.25, -0.2) is 0 Å². The van der Waals surface area contributed by atoms with Crippen molar-refractivity contribution >= 4 is 5.91 Å². The number of rotatable bonds is 5. The molecule has 0 aliphatic rings. The molecule has 4 heteroatoms. The van der Waals surface area contributed by atoms with E-state index in [1.54, 1.807) is 11.0 Å². The van der Waals surface area contributed by atoms with Crippen molar-refractivity contribution in [3.05, 3.63) is 35.4 Å². The van der Waals surface area contributed by atoms with E-state index in [0.29, 0.717) is 12.1 Å². The summed E-state index contributed by atoms with van der Waals surface area (Å²) < 4.78 is 0. The van der Waals surface area contributed by atoms with Gasteiger partial charge in [0, 0.05) is 12.6 Å².